The van der Waals surface area contributed by atoms with Crippen LogP contribution in [0.3, 0.4) is 0 Å². The predicted molar refractivity (Wildman–Crippen MR) is 93.7 cm³/mol. The lowest BCUT2D eigenvalue weighted by Crippen LogP contribution is -2.22. The average Bonchev–Trinajstić information content (AvgIpc) is 2.87. The van der Waals surface area contributed by atoms with Gasteiger partial charge in [-0.25, -0.2) is 9.18 Å². The van der Waals surface area contributed by atoms with E-state index in [0.717, 1.165) is 16.6 Å². The van der Waals surface area contributed by atoms with E-state index in [1.807, 2.05) is 18.2 Å². The van der Waals surface area contributed by atoms with Crippen molar-refractivity contribution in [2.45, 2.75) is 6.54 Å². The number of pyridine rings is 2. The lowest BCUT2D eigenvalue weighted by atomic mass is 10.1. The lowest BCUT2D eigenvalue weighted by Gasteiger charge is -2.05. The highest BCUT2D eigenvalue weighted by molar-refractivity contribution is 5.80. The second kappa shape index (κ2) is 5.98. The van der Waals surface area contributed by atoms with Crippen molar-refractivity contribution in [2.75, 3.05) is 0 Å². The van der Waals surface area contributed by atoms with E-state index in [9.17, 15) is 9.18 Å². The van der Waals surface area contributed by atoms with E-state index < -0.39 is 0 Å². The molecule has 4 rings (SSSR count). The van der Waals surface area contributed by atoms with Crippen LogP contribution in [0.5, 0.6) is 0 Å². The van der Waals surface area contributed by atoms with E-state index in [-0.39, 0.29) is 11.5 Å². The van der Waals surface area contributed by atoms with Crippen LogP contribution in [0.25, 0.3) is 22.3 Å². The smallest absolute Gasteiger partial charge is 0.293 e. The first-order chi connectivity index (χ1) is 12.1. The van der Waals surface area contributed by atoms with Crippen LogP contribution < -0.4 is 5.69 Å². The van der Waals surface area contributed by atoms with Gasteiger partial charge in [-0.3, -0.25) is 19.1 Å². The van der Waals surface area contributed by atoms with Crippen molar-refractivity contribution in [3.63, 3.8) is 0 Å². The number of benzene rings is 1. The molecule has 25 heavy (non-hydrogen) atoms. The van der Waals surface area contributed by atoms with Crippen molar-refractivity contribution < 1.29 is 4.39 Å². The number of nitrogens with zero attached hydrogens (tertiary/aromatic N) is 4. The van der Waals surface area contributed by atoms with Gasteiger partial charge in [0.25, 0.3) is 0 Å². The second-order valence-electron chi connectivity index (χ2n) is 5.85. The van der Waals surface area contributed by atoms with Gasteiger partial charge in [-0.2, -0.15) is 0 Å². The van der Waals surface area contributed by atoms with Gasteiger partial charge in [0, 0.05) is 25.0 Å². The molecule has 6 heteroatoms. The van der Waals surface area contributed by atoms with Crippen LogP contribution >= 0.6 is 0 Å². The lowest BCUT2D eigenvalue weighted by molar-refractivity contribution is 0.628. The molecule has 0 unspecified atom stereocenters. The summed E-state index contributed by atoms with van der Waals surface area (Å²) in [6.07, 6.45) is 5.05. The van der Waals surface area contributed by atoms with Crippen LogP contribution in [-0.2, 0) is 13.6 Å². The summed E-state index contributed by atoms with van der Waals surface area (Å²) in [6.45, 7) is 0.436. The molecule has 0 spiro atoms. The monoisotopic (exact) mass is 334 g/mol. The van der Waals surface area contributed by atoms with Crippen molar-refractivity contribution >= 4 is 11.0 Å². The van der Waals surface area contributed by atoms with Crippen LogP contribution in [0, 0.1) is 5.82 Å². The molecule has 0 aliphatic rings. The molecule has 0 fully saturated rings. The third kappa shape index (κ3) is 2.71. The van der Waals surface area contributed by atoms with Gasteiger partial charge >= 0.3 is 5.69 Å². The number of hydrogen-bond donors (Lipinski definition) is 0. The Labute approximate surface area is 143 Å². The van der Waals surface area contributed by atoms with Gasteiger partial charge in [0.1, 0.15) is 5.82 Å². The number of hydrogen-bond acceptors (Lipinski definition) is 3. The Morgan fingerprint density at radius 2 is 1.88 bits per heavy atom. The third-order valence-electron chi connectivity index (χ3n) is 4.24. The molecule has 0 N–H and O–H groups in total. The number of halogens is 1. The minimum Gasteiger partial charge on any atom is -0.293 e. The van der Waals surface area contributed by atoms with E-state index >= 15 is 0 Å². The summed E-state index contributed by atoms with van der Waals surface area (Å²) in [5, 5.41) is 0. The first-order valence-corrected chi connectivity index (χ1v) is 7.83. The summed E-state index contributed by atoms with van der Waals surface area (Å²) in [5.74, 6) is -0.318. The fraction of sp³-hybridized carbons (Fsp3) is 0.105. The van der Waals surface area contributed by atoms with Crippen LogP contribution in [0.1, 0.15) is 5.56 Å². The molecule has 0 radical (unpaired) electrons. The fourth-order valence-corrected chi connectivity index (χ4v) is 2.93. The van der Waals surface area contributed by atoms with Gasteiger partial charge in [-0.15, -0.1) is 0 Å². The molecule has 124 valence electrons. The van der Waals surface area contributed by atoms with E-state index in [0.29, 0.717) is 17.8 Å². The van der Waals surface area contributed by atoms with E-state index in [1.54, 1.807) is 46.9 Å². The van der Waals surface area contributed by atoms with Gasteiger partial charge in [-0.05, 0) is 35.9 Å². The zero-order chi connectivity index (χ0) is 17.4. The molecule has 1 aromatic carbocycles. The molecule has 4 aromatic rings. The highest BCUT2D eigenvalue weighted by Gasteiger charge is 2.13. The highest BCUT2D eigenvalue weighted by Crippen LogP contribution is 2.22. The largest absolute Gasteiger partial charge is 0.329 e. The van der Waals surface area contributed by atoms with Gasteiger partial charge in [0.2, 0.25) is 0 Å². The van der Waals surface area contributed by atoms with E-state index in [4.69, 9.17) is 0 Å². The standard InChI is InChI=1S/C19H15FN4O/c1-23-18-11-22-16(14-3-2-4-15(20)9-14)10-17(18)24(19(23)25)12-13-5-7-21-8-6-13/h2-11H,12H2,1H3. The third-order valence-corrected chi connectivity index (χ3v) is 4.24. The molecular weight excluding hydrogens is 319 g/mol. The minimum atomic E-state index is -0.318. The molecule has 0 saturated heterocycles. The quantitative estimate of drug-likeness (QED) is 0.579. The molecule has 0 bridgehead atoms. The minimum absolute atomic E-state index is 0.120. The molecule has 0 saturated carbocycles. The van der Waals surface area contributed by atoms with Crippen LogP contribution in [0.4, 0.5) is 4.39 Å². The Balaban J connectivity index is 1.89. The summed E-state index contributed by atoms with van der Waals surface area (Å²) in [5.41, 5.74) is 3.66. The predicted octanol–water partition coefficient (Wildman–Crippen LogP) is 2.98. The first-order valence-electron chi connectivity index (χ1n) is 7.83. The zero-order valence-corrected chi connectivity index (χ0v) is 13.6. The second-order valence-corrected chi connectivity index (χ2v) is 5.85. The summed E-state index contributed by atoms with van der Waals surface area (Å²) >= 11 is 0. The van der Waals surface area contributed by atoms with Crippen molar-refractivity contribution in [3.05, 3.63) is 82.9 Å². The van der Waals surface area contributed by atoms with E-state index in [2.05, 4.69) is 9.97 Å². The molecule has 3 heterocycles. The van der Waals surface area contributed by atoms with Gasteiger partial charge in [-0.1, -0.05) is 12.1 Å². The summed E-state index contributed by atoms with van der Waals surface area (Å²) in [7, 11) is 1.72. The number of fused-ring (bicyclic) bond motifs is 1. The van der Waals surface area contributed by atoms with Gasteiger partial charge in [0.15, 0.2) is 0 Å². The van der Waals surface area contributed by atoms with Crippen LogP contribution in [-0.4, -0.2) is 19.1 Å². The average molecular weight is 334 g/mol. The Kier molecular flexibility index (Phi) is 3.65. The highest BCUT2D eigenvalue weighted by atomic mass is 19.1. The van der Waals surface area contributed by atoms with Crippen LogP contribution in [0.15, 0.2) is 65.8 Å². The Morgan fingerprint density at radius 1 is 1.08 bits per heavy atom. The SMILES string of the molecule is Cn1c(=O)n(Cc2ccncc2)c2cc(-c3cccc(F)c3)ncc21. The normalized spacial score (nSPS) is 11.1. The Bertz CT molecular complexity index is 1120. The maximum absolute atomic E-state index is 13.5. The summed E-state index contributed by atoms with van der Waals surface area (Å²) < 4.78 is 16.8. The van der Waals surface area contributed by atoms with Gasteiger partial charge in [0.05, 0.1) is 29.5 Å². The van der Waals surface area contributed by atoms with Crippen LogP contribution in [0.2, 0.25) is 0 Å². The number of aromatic nitrogens is 4. The molecule has 0 aliphatic carbocycles. The molecule has 0 atom stereocenters. The number of rotatable bonds is 3. The van der Waals surface area contributed by atoms with Crippen molar-refractivity contribution in [2.24, 2.45) is 7.05 Å². The van der Waals surface area contributed by atoms with E-state index in [1.165, 1.54) is 12.1 Å². The van der Waals surface area contributed by atoms with Crippen molar-refractivity contribution in [3.8, 4) is 11.3 Å². The molecule has 5 nitrogen and oxygen atoms in total. The first kappa shape index (κ1) is 15.3. The van der Waals surface area contributed by atoms with Crippen molar-refractivity contribution in [1.82, 2.24) is 19.1 Å². The Morgan fingerprint density at radius 3 is 2.64 bits per heavy atom. The maximum atomic E-state index is 13.5. The molecule has 0 aliphatic heterocycles. The number of imidazole rings is 1. The fourth-order valence-electron chi connectivity index (χ4n) is 2.93. The summed E-state index contributed by atoms with van der Waals surface area (Å²) in [6, 6.07) is 11.8. The topological polar surface area (TPSA) is 52.7 Å². The molecular formula is C19H15FN4O. The maximum Gasteiger partial charge on any atom is 0.329 e. The molecule has 0 amide bonds. The van der Waals surface area contributed by atoms with Gasteiger partial charge < -0.3 is 0 Å². The Hall–Kier alpha value is -3.28. The summed E-state index contributed by atoms with van der Waals surface area (Å²) in [4.78, 5) is 21.0. The number of aryl methyl sites for hydroxylation is 1. The molecule has 3 aromatic heterocycles. The zero-order valence-electron chi connectivity index (χ0n) is 13.6. The van der Waals surface area contributed by atoms with Crippen molar-refractivity contribution in [1.29, 1.82) is 0 Å².